The Balaban J connectivity index is 0. The van der Waals surface area contributed by atoms with Gasteiger partial charge in [-0.25, -0.2) is 9.78 Å². The van der Waals surface area contributed by atoms with Gasteiger partial charge < -0.3 is 27.3 Å². The summed E-state index contributed by atoms with van der Waals surface area (Å²) in [6, 6.07) is -1.68. The average molecular weight is 252 g/mol. The molecule has 0 saturated carbocycles. The number of carboxylic acids is 1. The molecule has 0 aliphatic heterocycles. The molecule has 0 spiro atoms. The number of nitrogens with two attached hydrogens (primary N) is 3. The third kappa shape index (κ3) is 8.78. The first-order chi connectivity index (χ1) is 6.93. The molecule has 16 heavy (non-hydrogen) atoms. The van der Waals surface area contributed by atoms with Crippen LogP contribution in [0.4, 0.5) is 4.79 Å². The van der Waals surface area contributed by atoms with Crippen LogP contribution in [-0.4, -0.2) is 33.1 Å². The van der Waals surface area contributed by atoms with Gasteiger partial charge in [-0.05, 0) is 0 Å². The third-order valence-corrected chi connectivity index (χ3v) is 1.31. The Kier molecular flexibility index (Phi) is 8.83. The van der Waals surface area contributed by atoms with Gasteiger partial charge in [-0.1, -0.05) is 0 Å². The molecule has 8 N–H and O–H groups in total. The van der Waals surface area contributed by atoms with E-state index in [2.05, 4.69) is 21.4 Å². The molecule has 1 heterocycles. The molecule has 92 valence electrons. The number of carboxylic acid groups (broad SMARTS) is 1. The van der Waals surface area contributed by atoms with Crippen LogP contribution in [0.2, 0.25) is 0 Å². The number of H-pyrrole nitrogens is 1. The molecule has 0 bridgehead atoms. The van der Waals surface area contributed by atoms with E-state index in [4.69, 9.17) is 15.6 Å². The van der Waals surface area contributed by atoms with Crippen LogP contribution in [0.25, 0.3) is 0 Å². The van der Waals surface area contributed by atoms with Crippen LogP contribution in [-0.2, 0) is 11.2 Å². The zero-order chi connectivity index (χ0) is 11.8. The second kappa shape index (κ2) is 8.50. The predicted molar refractivity (Wildman–Crippen MR) is 58.9 cm³/mol. The Labute approximate surface area is 97.6 Å². The lowest BCUT2D eigenvalue weighted by atomic mass is 10.2. The normalized spacial score (nSPS) is 10.3. The lowest BCUT2D eigenvalue weighted by Gasteiger charge is -2.02. The van der Waals surface area contributed by atoms with Crippen molar-refractivity contribution in [2.45, 2.75) is 12.5 Å². The van der Waals surface area contributed by atoms with E-state index >= 15 is 0 Å². The largest absolute Gasteiger partial charge is 0.480 e. The number of halogens is 1. The van der Waals surface area contributed by atoms with Gasteiger partial charge in [-0.2, -0.15) is 0 Å². The van der Waals surface area contributed by atoms with E-state index in [1.165, 1.54) is 6.33 Å². The van der Waals surface area contributed by atoms with Crippen molar-refractivity contribution < 1.29 is 14.7 Å². The summed E-state index contributed by atoms with van der Waals surface area (Å²) >= 11 is 0. The molecule has 0 radical (unpaired) electrons. The predicted octanol–water partition coefficient (Wildman–Crippen LogP) is -1.19. The van der Waals surface area contributed by atoms with Crippen molar-refractivity contribution in [3.8, 4) is 0 Å². The maximum absolute atomic E-state index is 10.3. The lowest BCUT2D eigenvalue weighted by molar-refractivity contribution is -0.138. The number of imidazole rings is 1. The number of aliphatic carboxylic acids is 1. The summed E-state index contributed by atoms with van der Waals surface area (Å²) in [5.41, 5.74) is 14.5. The van der Waals surface area contributed by atoms with E-state index in [1.807, 2.05) is 0 Å². The van der Waals surface area contributed by atoms with Crippen molar-refractivity contribution in [1.29, 1.82) is 0 Å². The highest BCUT2D eigenvalue weighted by Crippen LogP contribution is 1.95. The van der Waals surface area contributed by atoms with Crippen molar-refractivity contribution >= 4 is 24.4 Å². The molecule has 9 heteroatoms. The first-order valence-electron chi connectivity index (χ1n) is 3.94. The number of urea groups is 1. The monoisotopic (exact) mass is 251 g/mol. The fraction of sp³-hybridized carbons (Fsp3) is 0.286. The summed E-state index contributed by atoms with van der Waals surface area (Å²) in [4.78, 5) is 25.8. The number of aromatic nitrogens is 2. The number of amides is 2. The molecule has 2 amide bonds. The third-order valence-electron chi connectivity index (χ3n) is 1.31. The van der Waals surface area contributed by atoms with Gasteiger partial charge in [-0.3, -0.25) is 4.79 Å². The summed E-state index contributed by atoms with van der Waals surface area (Å²) in [7, 11) is 0. The maximum atomic E-state index is 10.3. The molecule has 1 aromatic rings. The minimum Gasteiger partial charge on any atom is -0.480 e. The van der Waals surface area contributed by atoms with Crippen molar-refractivity contribution in [3.05, 3.63) is 18.2 Å². The Morgan fingerprint density at radius 3 is 2.31 bits per heavy atom. The first-order valence-corrected chi connectivity index (χ1v) is 3.94. The average Bonchev–Trinajstić information content (AvgIpc) is 2.55. The van der Waals surface area contributed by atoms with E-state index in [9.17, 15) is 4.79 Å². The van der Waals surface area contributed by atoms with E-state index in [1.54, 1.807) is 6.20 Å². The lowest BCUT2D eigenvalue weighted by Crippen LogP contribution is -2.32. The Morgan fingerprint density at radius 1 is 1.50 bits per heavy atom. The number of aromatic amines is 1. The molecule has 1 unspecified atom stereocenters. The van der Waals surface area contributed by atoms with Crippen molar-refractivity contribution in [3.63, 3.8) is 0 Å². The number of carbonyl (C=O) groups is 2. The van der Waals surface area contributed by atoms with Crippen molar-refractivity contribution in [2.24, 2.45) is 17.2 Å². The summed E-state index contributed by atoms with van der Waals surface area (Å²) in [5.74, 6) is -1.00. The first kappa shape index (κ1) is 16.6. The van der Waals surface area contributed by atoms with Crippen molar-refractivity contribution in [1.82, 2.24) is 9.97 Å². The van der Waals surface area contributed by atoms with Gasteiger partial charge in [0.15, 0.2) is 0 Å². The second-order valence-corrected chi connectivity index (χ2v) is 2.63. The number of carbonyl (C=O) groups excluding carboxylic acids is 1. The Morgan fingerprint density at radius 2 is 2.00 bits per heavy atom. The minimum absolute atomic E-state index is 0. The molecule has 1 aromatic heterocycles. The summed E-state index contributed by atoms with van der Waals surface area (Å²) in [5, 5.41) is 8.42. The summed E-state index contributed by atoms with van der Waals surface area (Å²) < 4.78 is 0. The van der Waals surface area contributed by atoms with Crippen LogP contribution in [0.1, 0.15) is 5.69 Å². The molecule has 1 rings (SSSR count). The number of primary amides is 2. The fourth-order valence-corrected chi connectivity index (χ4v) is 0.721. The van der Waals surface area contributed by atoms with E-state index in [0.717, 1.165) is 5.69 Å². The van der Waals surface area contributed by atoms with E-state index < -0.39 is 18.0 Å². The van der Waals surface area contributed by atoms with E-state index in [-0.39, 0.29) is 18.8 Å². The van der Waals surface area contributed by atoms with Crippen LogP contribution in [0.3, 0.4) is 0 Å². The number of hydrogen-bond acceptors (Lipinski definition) is 4. The molecule has 1 atom stereocenters. The SMILES string of the molecule is Cl.NC(Cc1cnc[nH]1)C(=O)O.NC(N)=O. The van der Waals surface area contributed by atoms with Crippen LogP contribution in [0, 0.1) is 0 Å². The van der Waals surface area contributed by atoms with Crippen LogP contribution in [0.5, 0.6) is 0 Å². The molecule has 8 nitrogen and oxygen atoms in total. The second-order valence-electron chi connectivity index (χ2n) is 2.63. The zero-order valence-corrected chi connectivity index (χ0v) is 9.11. The molecular formula is C7H14ClN5O3. The van der Waals surface area contributed by atoms with Crippen LogP contribution >= 0.6 is 12.4 Å². The van der Waals surface area contributed by atoms with E-state index in [0.29, 0.717) is 0 Å². The number of rotatable bonds is 3. The zero-order valence-electron chi connectivity index (χ0n) is 8.29. The summed E-state index contributed by atoms with van der Waals surface area (Å²) in [6.45, 7) is 0. The number of hydrogen-bond donors (Lipinski definition) is 5. The molecule has 0 saturated heterocycles. The smallest absolute Gasteiger partial charge is 0.320 e. The van der Waals surface area contributed by atoms with Gasteiger partial charge in [0, 0.05) is 18.3 Å². The molecule has 0 aliphatic rings. The quantitative estimate of drug-likeness (QED) is 0.456. The highest BCUT2D eigenvalue weighted by Gasteiger charge is 2.11. The highest BCUT2D eigenvalue weighted by molar-refractivity contribution is 5.85. The highest BCUT2D eigenvalue weighted by atomic mass is 35.5. The van der Waals surface area contributed by atoms with Gasteiger partial charge in [0.1, 0.15) is 6.04 Å². The molecule has 0 fully saturated rings. The molecule has 0 aromatic carbocycles. The Bertz CT molecular complexity index is 312. The van der Waals surface area contributed by atoms with Gasteiger partial charge in [0.05, 0.1) is 6.33 Å². The molecular weight excluding hydrogens is 238 g/mol. The summed E-state index contributed by atoms with van der Waals surface area (Å²) in [6.07, 6.45) is 3.34. The van der Waals surface area contributed by atoms with Gasteiger partial charge in [0.25, 0.3) is 0 Å². The topological polar surface area (TPSA) is 161 Å². The van der Waals surface area contributed by atoms with Crippen molar-refractivity contribution in [2.75, 3.05) is 0 Å². The minimum atomic E-state index is -1.00. The van der Waals surface area contributed by atoms with Crippen LogP contribution in [0.15, 0.2) is 12.5 Å². The fourth-order valence-electron chi connectivity index (χ4n) is 0.721. The molecule has 0 aliphatic carbocycles. The van der Waals surface area contributed by atoms with Gasteiger partial charge in [-0.15, -0.1) is 12.4 Å². The maximum Gasteiger partial charge on any atom is 0.320 e. The number of nitrogens with zero attached hydrogens (tertiary/aromatic N) is 1. The standard InChI is InChI=1S/C6H9N3O2.CH4N2O.ClH/c7-5(6(10)11)1-4-2-8-3-9-4;2-1(3)4;/h2-3,5H,1,7H2,(H,8,9)(H,10,11);(H4,2,3,4);1H. The Hall–Kier alpha value is -1.80. The number of nitrogens with one attached hydrogen (secondary N) is 1. The van der Waals surface area contributed by atoms with Gasteiger partial charge >= 0.3 is 12.0 Å². The van der Waals surface area contributed by atoms with Gasteiger partial charge in [0.2, 0.25) is 0 Å². The van der Waals surface area contributed by atoms with Crippen LogP contribution < -0.4 is 17.2 Å².